The number of esters is 1. The standard InChI is InChI=1S/C9H14O4.C3H7O3S.Na/c1-3-5-8(10)13-6-7(4-2)9(11)12;1-3(2)7(4,5)6;/h3,5,7H,4,6H2,1-2H3,(H,11,12);3H,1H2,2H3,(H,4,5,6);/q;-1;+1. The summed E-state index contributed by atoms with van der Waals surface area (Å²) < 4.78 is 32.3. The van der Waals surface area contributed by atoms with Crippen molar-refractivity contribution in [2.45, 2.75) is 32.4 Å². The zero-order valence-corrected chi connectivity index (χ0v) is 15.6. The van der Waals surface area contributed by atoms with Gasteiger partial charge in [-0.05, 0) is 18.6 Å². The van der Waals surface area contributed by atoms with Gasteiger partial charge in [-0.15, -0.1) is 0 Å². The van der Waals surface area contributed by atoms with Gasteiger partial charge in [-0.3, -0.25) is 9.35 Å². The van der Waals surface area contributed by atoms with Gasteiger partial charge in [0.05, 0.1) is 5.92 Å². The zero-order chi connectivity index (χ0) is 16.3. The van der Waals surface area contributed by atoms with Gasteiger partial charge >= 0.3 is 41.5 Å². The van der Waals surface area contributed by atoms with Crippen LogP contribution in [-0.4, -0.2) is 41.9 Å². The van der Waals surface area contributed by atoms with Crippen molar-refractivity contribution in [1.29, 1.82) is 0 Å². The van der Waals surface area contributed by atoms with Crippen LogP contribution in [0.4, 0.5) is 0 Å². The number of carboxylic acids is 1. The predicted molar refractivity (Wildman–Crippen MR) is 73.6 cm³/mol. The van der Waals surface area contributed by atoms with E-state index in [0.29, 0.717) is 6.42 Å². The van der Waals surface area contributed by atoms with Crippen LogP contribution in [0.5, 0.6) is 0 Å². The minimum absolute atomic E-state index is 0. The van der Waals surface area contributed by atoms with E-state index in [-0.39, 0.29) is 36.2 Å². The average Bonchev–Trinajstić information content (AvgIpc) is 2.29. The maximum atomic E-state index is 10.8. The Morgan fingerprint density at radius 3 is 2.05 bits per heavy atom. The maximum absolute atomic E-state index is 10.8. The molecule has 118 valence electrons. The molecule has 0 bridgehead atoms. The fourth-order valence-electron chi connectivity index (χ4n) is 0.731. The molecule has 0 saturated carbocycles. The van der Waals surface area contributed by atoms with Gasteiger partial charge in [-0.2, -0.15) is 0 Å². The van der Waals surface area contributed by atoms with Crippen molar-refractivity contribution >= 4 is 22.1 Å². The van der Waals surface area contributed by atoms with E-state index in [4.69, 9.17) is 14.4 Å². The Labute approximate surface area is 147 Å². The van der Waals surface area contributed by atoms with Gasteiger partial charge < -0.3 is 16.8 Å². The van der Waals surface area contributed by atoms with Gasteiger partial charge in [0.2, 0.25) is 10.1 Å². The molecule has 2 N–H and O–H groups in total. The topological polar surface area (TPSA) is 118 Å². The van der Waals surface area contributed by atoms with Gasteiger partial charge in [0, 0.05) is 6.08 Å². The second-order valence-electron chi connectivity index (χ2n) is 3.90. The van der Waals surface area contributed by atoms with E-state index < -0.39 is 33.2 Å². The molecule has 0 amide bonds. The predicted octanol–water partition coefficient (Wildman–Crippen LogP) is -1.68. The van der Waals surface area contributed by atoms with Crippen LogP contribution < -0.4 is 29.6 Å². The number of rotatable bonds is 6. The Morgan fingerprint density at radius 1 is 1.38 bits per heavy atom. The van der Waals surface area contributed by atoms with Gasteiger partial charge in [0.15, 0.2) is 0 Å². The Bertz CT molecular complexity index is 429. The number of carboxylic acid groups (broad SMARTS) is 1. The first-order valence-electron chi connectivity index (χ1n) is 5.87. The van der Waals surface area contributed by atoms with E-state index >= 15 is 0 Å². The summed E-state index contributed by atoms with van der Waals surface area (Å²) in [6, 6.07) is 0. The fourth-order valence-corrected chi connectivity index (χ4v) is 0.731. The molecule has 0 rings (SSSR count). The molecule has 2 atom stereocenters. The zero-order valence-electron chi connectivity index (χ0n) is 12.8. The molecule has 7 nitrogen and oxygen atoms in total. The molecule has 0 aliphatic carbocycles. The van der Waals surface area contributed by atoms with E-state index in [9.17, 15) is 18.0 Å². The van der Waals surface area contributed by atoms with Crippen molar-refractivity contribution in [2.24, 2.45) is 5.92 Å². The van der Waals surface area contributed by atoms with Gasteiger partial charge in [0.25, 0.3) is 0 Å². The van der Waals surface area contributed by atoms with E-state index in [2.05, 4.69) is 6.92 Å². The first-order valence-corrected chi connectivity index (χ1v) is 7.38. The largest absolute Gasteiger partial charge is 1.00 e. The van der Waals surface area contributed by atoms with E-state index in [1.807, 2.05) is 0 Å². The van der Waals surface area contributed by atoms with Crippen LogP contribution in [-0.2, 0) is 24.4 Å². The summed E-state index contributed by atoms with van der Waals surface area (Å²) in [5.41, 5.74) is 0. The first kappa shape index (κ1) is 25.5. The van der Waals surface area contributed by atoms with Crippen LogP contribution in [0.1, 0.15) is 27.2 Å². The van der Waals surface area contributed by atoms with Crippen molar-refractivity contribution in [1.82, 2.24) is 0 Å². The average molecular weight is 332 g/mol. The minimum atomic E-state index is -3.85. The molecule has 0 aromatic rings. The molecule has 0 aromatic heterocycles. The Balaban J connectivity index is -0.000000347. The van der Waals surface area contributed by atoms with E-state index in [0.717, 1.165) is 0 Å². The molecule has 0 aromatic carbocycles. The Hall–Kier alpha value is -0.410. The molecule has 2 unspecified atom stereocenters. The molecule has 0 saturated heterocycles. The number of hydrogen-bond acceptors (Lipinski definition) is 5. The Kier molecular flexibility index (Phi) is 16.1. The molecule has 0 spiro atoms. The van der Waals surface area contributed by atoms with Gasteiger partial charge in [0.1, 0.15) is 6.61 Å². The number of carbonyl (C=O) groups is 2. The number of hydrogen-bond donors (Lipinski definition) is 2. The molecule has 9 heteroatoms. The summed E-state index contributed by atoms with van der Waals surface area (Å²) in [5.74, 6) is -2.04. The third kappa shape index (κ3) is 15.8. The third-order valence-corrected chi connectivity index (χ3v) is 3.10. The second kappa shape index (κ2) is 13.3. The second-order valence-corrected chi connectivity index (χ2v) is 5.73. The van der Waals surface area contributed by atoms with Crippen LogP contribution >= 0.6 is 0 Å². The van der Waals surface area contributed by atoms with Crippen molar-refractivity contribution in [2.75, 3.05) is 6.61 Å². The molecule has 0 fully saturated rings. The molecule has 0 aliphatic heterocycles. The number of carbonyl (C=O) groups excluding carboxylic acids is 1. The van der Waals surface area contributed by atoms with Gasteiger partial charge in [-0.1, -0.05) is 19.9 Å². The van der Waals surface area contributed by atoms with Gasteiger partial charge in [-0.25, -0.2) is 13.2 Å². The monoisotopic (exact) mass is 332 g/mol. The summed E-state index contributed by atoms with van der Waals surface area (Å²) in [5, 5.41) is 7.68. The molecule has 0 radical (unpaired) electrons. The normalized spacial score (nSPS) is 13.4. The minimum Gasteiger partial charge on any atom is -0.481 e. The van der Waals surface area contributed by atoms with E-state index in [1.54, 1.807) is 19.9 Å². The number of ether oxygens (including phenoxy) is 1. The van der Waals surface area contributed by atoms with Crippen LogP contribution in [0.25, 0.3) is 0 Å². The maximum Gasteiger partial charge on any atom is 1.00 e. The van der Waals surface area contributed by atoms with Crippen molar-refractivity contribution in [3.63, 3.8) is 0 Å². The van der Waals surface area contributed by atoms with Crippen LogP contribution in [0, 0.1) is 12.8 Å². The van der Waals surface area contributed by atoms with Crippen molar-refractivity contribution in [3.05, 3.63) is 19.1 Å². The summed E-state index contributed by atoms with van der Waals surface area (Å²) in [6.07, 6.45) is 3.26. The fraction of sp³-hybridized carbons (Fsp3) is 0.583. The first-order chi connectivity index (χ1) is 9.06. The molecule has 21 heavy (non-hydrogen) atoms. The Morgan fingerprint density at radius 2 is 1.81 bits per heavy atom. The quantitative estimate of drug-likeness (QED) is 0.196. The summed E-state index contributed by atoms with van der Waals surface area (Å²) in [7, 11) is -3.85. The SMILES string of the molecule is CC=CC(=O)OCC(CC)C(=O)O.[CH2-]C(C)S(=O)(=O)O.[Na+]. The molecular formula is C12H21NaO7S. The van der Waals surface area contributed by atoms with Crippen LogP contribution in [0.15, 0.2) is 12.2 Å². The smallest absolute Gasteiger partial charge is 0.481 e. The molecular weight excluding hydrogens is 311 g/mol. The number of aliphatic carboxylic acids is 1. The summed E-state index contributed by atoms with van der Waals surface area (Å²) in [6.45, 7) is 7.74. The van der Waals surface area contributed by atoms with E-state index in [1.165, 1.54) is 13.0 Å². The number of allylic oxidation sites excluding steroid dienone is 1. The van der Waals surface area contributed by atoms with Crippen LogP contribution in [0.3, 0.4) is 0 Å². The van der Waals surface area contributed by atoms with Crippen LogP contribution in [0.2, 0.25) is 0 Å². The van der Waals surface area contributed by atoms with Crippen molar-refractivity contribution in [3.8, 4) is 0 Å². The third-order valence-electron chi connectivity index (χ3n) is 2.08. The molecule has 0 heterocycles. The summed E-state index contributed by atoms with van der Waals surface area (Å²) in [4.78, 5) is 21.3. The summed E-state index contributed by atoms with van der Waals surface area (Å²) >= 11 is 0. The van der Waals surface area contributed by atoms with Crippen molar-refractivity contribution < 1.29 is 62.0 Å². The molecule has 0 aliphatic rings.